The van der Waals surface area contributed by atoms with Gasteiger partial charge in [-0.25, -0.2) is 4.79 Å². The highest BCUT2D eigenvalue weighted by molar-refractivity contribution is 5.85. The van der Waals surface area contributed by atoms with Gasteiger partial charge >= 0.3 is 5.97 Å². The number of nitrogens with zero attached hydrogens (tertiary/aromatic N) is 1. The van der Waals surface area contributed by atoms with Gasteiger partial charge in [0.1, 0.15) is 5.76 Å². The van der Waals surface area contributed by atoms with Gasteiger partial charge in [0.15, 0.2) is 0 Å². The van der Waals surface area contributed by atoms with Crippen molar-refractivity contribution in [2.75, 3.05) is 6.54 Å². The predicted octanol–water partition coefficient (Wildman–Crippen LogP) is 3.40. The summed E-state index contributed by atoms with van der Waals surface area (Å²) in [4.78, 5) is 12.8. The van der Waals surface area contributed by atoms with Crippen LogP contribution < -0.4 is 0 Å². The van der Waals surface area contributed by atoms with E-state index in [1.54, 1.807) is 12.3 Å². The lowest BCUT2D eigenvalue weighted by molar-refractivity contribution is -0.131. The van der Waals surface area contributed by atoms with E-state index in [1.165, 1.54) is 0 Å². The third kappa shape index (κ3) is 4.93. The molecule has 0 aliphatic carbocycles. The van der Waals surface area contributed by atoms with Crippen molar-refractivity contribution in [2.24, 2.45) is 0 Å². The summed E-state index contributed by atoms with van der Waals surface area (Å²) in [6, 6.07) is 11.7. The molecule has 2 aromatic rings. The van der Waals surface area contributed by atoms with Crippen LogP contribution in [0.5, 0.6) is 0 Å². The zero-order chi connectivity index (χ0) is 15.1. The van der Waals surface area contributed by atoms with E-state index in [4.69, 9.17) is 9.52 Å². The number of benzene rings is 1. The Balaban J connectivity index is 2.03. The minimum Gasteiger partial charge on any atom is -0.478 e. The molecular weight excluding hydrogens is 266 g/mol. The summed E-state index contributed by atoms with van der Waals surface area (Å²) in [5.74, 6) is 0.00665. The molecule has 0 fully saturated rings. The second-order valence-corrected chi connectivity index (χ2v) is 4.80. The van der Waals surface area contributed by atoms with Crippen LogP contribution in [0.25, 0.3) is 6.08 Å². The van der Waals surface area contributed by atoms with Crippen molar-refractivity contribution < 1.29 is 14.3 Å². The Morgan fingerprint density at radius 1 is 1.29 bits per heavy atom. The SMILES string of the molecule is CCN(Cc1cccc(C=CC(=O)O)c1)Cc1ccco1. The van der Waals surface area contributed by atoms with Gasteiger partial charge in [0.25, 0.3) is 0 Å². The highest BCUT2D eigenvalue weighted by Gasteiger charge is 2.07. The summed E-state index contributed by atoms with van der Waals surface area (Å²) >= 11 is 0. The van der Waals surface area contributed by atoms with Crippen LogP contribution in [0, 0.1) is 0 Å². The fourth-order valence-corrected chi connectivity index (χ4v) is 2.12. The topological polar surface area (TPSA) is 53.7 Å². The highest BCUT2D eigenvalue weighted by Crippen LogP contribution is 2.12. The predicted molar refractivity (Wildman–Crippen MR) is 81.6 cm³/mol. The monoisotopic (exact) mass is 285 g/mol. The van der Waals surface area contributed by atoms with Gasteiger partial charge in [-0.1, -0.05) is 31.2 Å². The number of carbonyl (C=O) groups is 1. The van der Waals surface area contributed by atoms with Crippen LogP contribution in [0.3, 0.4) is 0 Å². The Labute approximate surface area is 124 Å². The quantitative estimate of drug-likeness (QED) is 0.792. The van der Waals surface area contributed by atoms with Crippen molar-refractivity contribution in [2.45, 2.75) is 20.0 Å². The standard InChI is InChI=1S/C17H19NO3/c1-2-18(13-16-7-4-10-21-16)12-15-6-3-5-14(11-15)8-9-17(19)20/h3-11H,2,12-13H2,1H3,(H,19,20). The summed E-state index contributed by atoms with van der Waals surface area (Å²) in [5, 5.41) is 8.67. The molecule has 0 amide bonds. The molecule has 0 radical (unpaired) electrons. The normalized spacial score (nSPS) is 11.3. The van der Waals surface area contributed by atoms with Crippen LogP contribution in [-0.2, 0) is 17.9 Å². The second-order valence-electron chi connectivity index (χ2n) is 4.80. The molecule has 1 heterocycles. The van der Waals surface area contributed by atoms with Gasteiger partial charge < -0.3 is 9.52 Å². The van der Waals surface area contributed by atoms with Crippen molar-refractivity contribution in [3.63, 3.8) is 0 Å². The van der Waals surface area contributed by atoms with E-state index in [0.717, 1.165) is 42.6 Å². The zero-order valence-electron chi connectivity index (χ0n) is 12.0. The summed E-state index contributed by atoms with van der Waals surface area (Å²) in [6.45, 7) is 4.58. The number of hydrogen-bond donors (Lipinski definition) is 1. The molecule has 0 saturated heterocycles. The highest BCUT2D eigenvalue weighted by atomic mass is 16.4. The molecule has 21 heavy (non-hydrogen) atoms. The number of rotatable bonds is 7. The molecule has 1 aromatic heterocycles. The van der Waals surface area contributed by atoms with Crippen LogP contribution in [0.2, 0.25) is 0 Å². The van der Waals surface area contributed by atoms with Gasteiger partial charge in [0.05, 0.1) is 12.8 Å². The molecule has 4 heteroatoms. The first-order valence-electron chi connectivity index (χ1n) is 6.92. The average Bonchev–Trinajstić information content (AvgIpc) is 2.98. The molecule has 1 aromatic carbocycles. The third-order valence-corrected chi connectivity index (χ3v) is 3.18. The van der Waals surface area contributed by atoms with Crippen molar-refractivity contribution in [1.29, 1.82) is 0 Å². The molecule has 0 saturated carbocycles. The van der Waals surface area contributed by atoms with Gasteiger partial charge in [0.2, 0.25) is 0 Å². The number of carboxylic acids is 1. The Kier molecular flexibility index (Phi) is 5.35. The molecule has 0 spiro atoms. The van der Waals surface area contributed by atoms with E-state index in [1.807, 2.05) is 36.4 Å². The summed E-state index contributed by atoms with van der Waals surface area (Å²) in [5.41, 5.74) is 2.04. The molecule has 0 atom stereocenters. The van der Waals surface area contributed by atoms with Gasteiger partial charge in [-0.15, -0.1) is 0 Å². The third-order valence-electron chi connectivity index (χ3n) is 3.18. The zero-order valence-corrected chi connectivity index (χ0v) is 12.0. The molecule has 0 unspecified atom stereocenters. The van der Waals surface area contributed by atoms with E-state index in [2.05, 4.69) is 11.8 Å². The van der Waals surface area contributed by atoms with Gasteiger partial charge in [-0.05, 0) is 35.9 Å². The van der Waals surface area contributed by atoms with Crippen LogP contribution in [-0.4, -0.2) is 22.5 Å². The van der Waals surface area contributed by atoms with E-state index in [0.29, 0.717) is 0 Å². The van der Waals surface area contributed by atoms with Gasteiger partial charge in [0, 0.05) is 12.6 Å². The van der Waals surface area contributed by atoms with E-state index < -0.39 is 5.97 Å². The Bertz CT molecular complexity index is 602. The lowest BCUT2D eigenvalue weighted by Gasteiger charge is -2.19. The van der Waals surface area contributed by atoms with Crippen LogP contribution in [0.15, 0.2) is 53.2 Å². The number of aliphatic carboxylic acids is 1. The Morgan fingerprint density at radius 2 is 2.14 bits per heavy atom. The van der Waals surface area contributed by atoms with Crippen molar-refractivity contribution in [3.8, 4) is 0 Å². The fourth-order valence-electron chi connectivity index (χ4n) is 2.12. The second kappa shape index (κ2) is 7.45. The minimum absolute atomic E-state index is 0.763. The molecule has 0 aliphatic heterocycles. The molecule has 0 bridgehead atoms. The fraction of sp³-hybridized carbons (Fsp3) is 0.235. The summed E-state index contributed by atoms with van der Waals surface area (Å²) in [7, 11) is 0. The summed E-state index contributed by atoms with van der Waals surface area (Å²) < 4.78 is 5.37. The lowest BCUT2D eigenvalue weighted by Crippen LogP contribution is -2.22. The number of furan rings is 1. The minimum atomic E-state index is -0.937. The number of hydrogen-bond acceptors (Lipinski definition) is 3. The number of carboxylic acid groups (broad SMARTS) is 1. The molecule has 0 aliphatic rings. The molecule has 110 valence electrons. The summed E-state index contributed by atoms with van der Waals surface area (Å²) in [6.07, 6.45) is 4.44. The molecular formula is C17H19NO3. The molecule has 1 N–H and O–H groups in total. The first-order valence-corrected chi connectivity index (χ1v) is 6.92. The maximum atomic E-state index is 10.6. The largest absolute Gasteiger partial charge is 0.478 e. The van der Waals surface area contributed by atoms with Crippen molar-refractivity contribution >= 4 is 12.0 Å². The first kappa shape index (κ1) is 15.1. The van der Waals surface area contributed by atoms with Crippen LogP contribution in [0.1, 0.15) is 23.8 Å². The van der Waals surface area contributed by atoms with E-state index in [9.17, 15) is 4.79 Å². The van der Waals surface area contributed by atoms with E-state index >= 15 is 0 Å². The lowest BCUT2D eigenvalue weighted by atomic mass is 10.1. The maximum Gasteiger partial charge on any atom is 0.328 e. The maximum absolute atomic E-state index is 10.6. The van der Waals surface area contributed by atoms with Crippen LogP contribution in [0.4, 0.5) is 0 Å². The van der Waals surface area contributed by atoms with Gasteiger partial charge in [-0.2, -0.15) is 0 Å². The van der Waals surface area contributed by atoms with Crippen LogP contribution >= 0.6 is 0 Å². The Hall–Kier alpha value is -2.33. The van der Waals surface area contributed by atoms with Crippen molar-refractivity contribution in [1.82, 2.24) is 4.90 Å². The average molecular weight is 285 g/mol. The molecule has 4 nitrogen and oxygen atoms in total. The van der Waals surface area contributed by atoms with Gasteiger partial charge in [-0.3, -0.25) is 4.90 Å². The smallest absolute Gasteiger partial charge is 0.328 e. The van der Waals surface area contributed by atoms with Crippen molar-refractivity contribution in [3.05, 3.63) is 65.6 Å². The first-order chi connectivity index (χ1) is 10.2. The molecule has 2 rings (SSSR count). The Morgan fingerprint density at radius 3 is 2.81 bits per heavy atom. The van der Waals surface area contributed by atoms with E-state index in [-0.39, 0.29) is 0 Å².